The van der Waals surface area contributed by atoms with Crippen LogP contribution < -0.4 is 10.1 Å². The Labute approximate surface area is 184 Å². The van der Waals surface area contributed by atoms with Crippen LogP contribution in [0.25, 0.3) is 10.9 Å². The van der Waals surface area contributed by atoms with Crippen LogP contribution >= 0.6 is 22.6 Å². The second-order valence-corrected chi connectivity index (χ2v) is 15.5. The number of fused-ring (bicyclic) bond motifs is 1. The highest BCUT2D eigenvalue weighted by atomic mass is 127. The first-order chi connectivity index (χ1) is 13.1. The summed E-state index contributed by atoms with van der Waals surface area (Å²) in [4.78, 5) is 11.3. The number of halogens is 1. The van der Waals surface area contributed by atoms with E-state index in [-0.39, 0.29) is 5.91 Å². The van der Waals surface area contributed by atoms with Gasteiger partial charge in [-0.15, -0.1) is 0 Å². The first-order valence-corrected chi connectivity index (χ1v) is 13.4. The molecule has 0 saturated heterocycles. The molecule has 0 bridgehead atoms. The number of aromatic nitrogens is 1. The molecule has 2 aromatic rings. The van der Waals surface area contributed by atoms with Gasteiger partial charge in [0.25, 0.3) is 0 Å². The fourth-order valence-electron chi connectivity index (χ4n) is 5.18. The Morgan fingerprint density at radius 1 is 1.14 bits per heavy atom. The summed E-state index contributed by atoms with van der Waals surface area (Å²) in [5.41, 5.74) is 4.45. The summed E-state index contributed by atoms with van der Waals surface area (Å²) < 4.78 is 9.41. The van der Waals surface area contributed by atoms with Gasteiger partial charge in [-0.3, -0.25) is 4.79 Å². The van der Waals surface area contributed by atoms with Gasteiger partial charge in [-0.1, -0.05) is 41.5 Å². The zero-order valence-corrected chi connectivity index (χ0v) is 21.7. The highest BCUT2D eigenvalue weighted by Crippen LogP contribution is 2.45. The van der Waals surface area contributed by atoms with Gasteiger partial charge in [0.1, 0.15) is 5.75 Å². The van der Waals surface area contributed by atoms with Crippen molar-refractivity contribution in [2.75, 3.05) is 13.7 Å². The van der Waals surface area contributed by atoms with Crippen molar-refractivity contribution in [1.29, 1.82) is 0 Å². The van der Waals surface area contributed by atoms with Crippen LogP contribution in [0.2, 0.25) is 16.6 Å². The molecule has 0 aliphatic carbocycles. The minimum atomic E-state index is -1.87. The lowest BCUT2D eigenvalue weighted by atomic mass is 10.1. The second-order valence-electron chi connectivity index (χ2n) is 8.61. The summed E-state index contributed by atoms with van der Waals surface area (Å²) in [6.07, 6.45) is 3.21. The summed E-state index contributed by atoms with van der Waals surface area (Å²) in [5, 5.41) is 4.20. The molecule has 0 fully saturated rings. The standard InChI is InChI=1S/C22H35IN2O2Si/c1-14(2)28(15(3)4,16(5)6)25-13-18(9-10-24-17(7)26)19-11-22(27-8)20(23)12-21(19)25/h11-16H,9-10H2,1-8H3,(H,24,26). The Hall–Kier alpha value is -1.02. The highest BCUT2D eigenvalue weighted by molar-refractivity contribution is 14.1. The van der Waals surface area contributed by atoms with Crippen molar-refractivity contribution in [2.24, 2.45) is 0 Å². The smallest absolute Gasteiger partial charge is 0.216 e. The Morgan fingerprint density at radius 3 is 2.18 bits per heavy atom. The van der Waals surface area contributed by atoms with Gasteiger partial charge in [-0.25, -0.2) is 0 Å². The molecule has 0 aliphatic heterocycles. The molecule has 0 unspecified atom stereocenters. The van der Waals surface area contributed by atoms with Gasteiger partial charge in [0.15, 0.2) is 8.24 Å². The lowest BCUT2D eigenvalue weighted by Crippen LogP contribution is -2.51. The number of carbonyl (C=O) groups excluding carboxylic acids is 1. The molecule has 1 N–H and O–H groups in total. The van der Waals surface area contributed by atoms with E-state index in [2.05, 4.69) is 92.0 Å². The Bertz CT molecular complexity index is 821. The first kappa shape index (κ1) is 23.3. The molecule has 1 heterocycles. The summed E-state index contributed by atoms with van der Waals surface area (Å²) in [5.74, 6) is 0.934. The molecule has 1 aromatic heterocycles. The van der Waals surface area contributed by atoms with Crippen molar-refractivity contribution in [2.45, 2.75) is 71.5 Å². The normalized spacial score (nSPS) is 12.4. The maximum atomic E-state index is 11.3. The number of methoxy groups -OCH3 is 1. The molecule has 0 radical (unpaired) electrons. The molecule has 0 atom stereocenters. The topological polar surface area (TPSA) is 43.3 Å². The predicted molar refractivity (Wildman–Crippen MR) is 130 cm³/mol. The molecule has 1 aromatic carbocycles. The van der Waals surface area contributed by atoms with E-state index in [1.807, 2.05) is 0 Å². The molecule has 0 aliphatic rings. The number of ether oxygens (including phenoxy) is 1. The molecule has 2 rings (SSSR count). The highest BCUT2D eigenvalue weighted by Gasteiger charge is 2.46. The Kier molecular flexibility index (Phi) is 7.64. The van der Waals surface area contributed by atoms with Crippen molar-refractivity contribution < 1.29 is 9.53 Å². The molecule has 4 nitrogen and oxygen atoms in total. The molecular formula is C22H35IN2O2Si. The number of hydrogen-bond donors (Lipinski definition) is 1. The number of hydrogen-bond acceptors (Lipinski definition) is 2. The summed E-state index contributed by atoms with van der Waals surface area (Å²) in [7, 11) is -0.145. The fraction of sp³-hybridized carbons (Fsp3) is 0.591. The second kappa shape index (κ2) is 9.20. The minimum Gasteiger partial charge on any atom is -0.496 e. The largest absolute Gasteiger partial charge is 0.496 e. The third-order valence-electron chi connectivity index (χ3n) is 6.12. The van der Waals surface area contributed by atoms with E-state index in [4.69, 9.17) is 4.74 Å². The summed E-state index contributed by atoms with van der Waals surface area (Å²) in [6, 6.07) is 4.46. The molecule has 1 amide bonds. The van der Waals surface area contributed by atoms with E-state index in [0.717, 1.165) is 15.7 Å². The number of carbonyl (C=O) groups is 1. The Balaban J connectivity index is 2.77. The average molecular weight is 515 g/mol. The van der Waals surface area contributed by atoms with Crippen LogP contribution in [-0.4, -0.2) is 32.0 Å². The van der Waals surface area contributed by atoms with Crippen molar-refractivity contribution in [1.82, 2.24) is 9.55 Å². The lowest BCUT2D eigenvalue weighted by molar-refractivity contribution is -0.118. The van der Waals surface area contributed by atoms with Gasteiger partial charge in [-0.05, 0) is 69.5 Å². The molecule has 0 spiro atoms. The van der Waals surface area contributed by atoms with Crippen molar-refractivity contribution in [3.8, 4) is 5.75 Å². The number of rotatable bonds is 8. The van der Waals surface area contributed by atoms with Crippen LogP contribution in [0.3, 0.4) is 0 Å². The fourth-order valence-corrected chi connectivity index (χ4v) is 12.5. The van der Waals surface area contributed by atoms with E-state index < -0.39 is 8.24 Å². The Morgan fingerprint density at radius 2 is 1.71 bits per heavy atom. The van der Waals surface area contributed by atoms with E-state index >= 15 is 0 Å². The minimum absolute atomic E-state index is 0.0196. The molecular weight excluding hydrogens is 479 g/mol. The summed E-state index contributed by atoms with van der Waals surface area (Å²) >= 11 is 2.37. The van der Waals surface area contributed by atoms with Gasteiger partial charge in [0.05, 0.1) is 10.7 Å². The van der Waals surface area contributed by atoms with Gasteiger partial charge in [0.2, 0.25) is 5.91 Å². The molecule has 6 heteroatoms. The van der Waals surface area contributed by atoms with Gasteiger partial charge in [0, 0.05) is 24.4 Å². The number of benzene rings is 1. The zero-order valence-electron chi connectivity index (χ0n) is 18.5. The van der Waals surface area contributed by atoms with Crippen LogP contribution in [-0.2, 0) is 11.2 Å². The lowest BCUT2D eigenvalue weighted by Gasteiger charge is -2.44. The average Bonchev–Trinajstić information content (AvgIpc) is 2.91. The number of nitrogens with zero attached hydrogens (tertiary/aromatic N) is 1. The maximum absolute atomic E-state index is 11.3. The third kappa shape index (κ3) is 4.13. The van der Waals surface area contributed by atoms with Crippen LogP contribution in [0.15, 0.2) is 18.3 Å². The third-order valence-corrected chi connectivity index (χ3v) is 13.7. The van der Waals surface area contributed by atoms with Crippen molar-refractivity contribution in [3.05, 3.63) is 27.5 Å². The van der Waals surface area contributed by atoms with E-state index in [9.17, 15) is 4.79 Å². The first-order valence-electron chi connectivity index (χ1n) is 10.2. The van der Waals surface area contributed by atoms with Crippen LogP contribution in [0.4, 0.5) is 0 Å². The number of nitrogens with one attached hydrogen (secondary N) is 1. The SMILES string of the molecule is COc1cc2c(CCNC(C)=O)cn([Si](C(C)C)(C(C)C)C(C)C)c2cc1I. The van der Waals surface area contributed by atoms with Crippen molar-refractivity contribution >= 4 is 47.6 Å². The zero-order chi connectivity index (χ0) is 21.2. The number of amides is 1. The van der Waals surface area contributed by atoms with Crippen molar-refractivity contribution in [3.63, 3.8) is 0 Å². The molecule has 0 saturated carbocycles. The van der Waals surface area contributed by atoms with Gasteiger partial charge >= 0.3 is 0 Å². The monoisotopic (exact) mass is 514 g/mol. The van der Waals surface area contributed by atoms with E-state index in [1.165, 1.54) is 16.5 Å². The van der Waals surface area contributed by atoms with Crippen LogP contribution in [0.5, 0.6) is 5.75 Å². The summed E-state index contributed by atoms with van der Waals surface area (Å²) in [6.45, 7) is 16.6. The quantitative estimate of drug-likeness (QED) is 0.349. The molecule has 28 heavy (non-hydrogen) atoms. The van der Waals surface area contributed by atoms with E-state index in [0.29, 0.717) is 23.2 Å². The maximum Gasteiger partial charge on any atom is 0.216 e. The molecule has 156 valence electrons. The predicted octanol–water partition coefficient (Wildman–Crippen LogP) is 5.96. The van der Waals surface area contributed by atoms with Crippen LogP contribution in [0.1, 0.15) is 54.0 Å². The van der Waals surface area contributed by atoms with Gasteiger partial charge in [-0.2, -0.15) is 0 Å². The van der Waals surface area contributed by atoms with Crippen LogP contribution in [0, 0.1) is 3.57 Å². The van der Waals surface area contributed by atoms with E-state index in [1.54, 1.807) is 14.0 Å². The van der Waals surface area contributed by atoms with Gasteiger partial charge < -0.3 is 14.3 Å².